The number of carbonyl (C=O) groups excluding carboxylic acids is 2. The predicted octanol–water partition coefficient (Wildman–Crippen LogP) is 4.54. The molecule has 4 heterocycles. The lowest BCUT2D eigenvalue weighted by molar-refractivity contribution is -0.134. The number of piperidine rings is 1. The van der Waals surface area contributed by atoms with Gasteiger partial charge in [0, 0.05) is 75.5 Å². The first kappa shape index (κ1) is 27.2. The van der Waals surface area contributed by atoms with Crippen molar-refractivity contribution in [3.8, 4) is 0 Å². The van der Waals surface area contributed by atoms with E-state index in [4.69, 9.17) is 9.47 Å². The van der Waals surface area contributed by atoms with Crippen LogP contribution in [-0.2, 0) is 19.1 Å². The van der Waals surface area contributed by atoms with Crippen molar-refractivity contribution in [1.82, 2.24) is 4.98 Å². The Kier molecular flexibility index (Phi) is 9.14. The van der Waals surface area contributed by atoms with Crippen molar-refractivity contribution in [2.24, 2.45) is 11.8 Å². The predicted molar refractivity (Wildman–Crippen MR) is 154 cm³/mol. The van der Waals surface area contributed by atoms with E-state index < -0.39 is 5.97 Å². The molecule has 0 N–H and O–H groups in total. The molecule has 3 aliphatic heterocycles. The van der Waals surface area contributed by atoms with Crippen molar-refractivity contribution >= 4 is 35.0 Å². The average Bonchev–Trinajstić information content (AvgIpc) is 3.55. The second-order valence-electron chi connectivity index (χ2n) is 10.8. The number of rotatable bonds is 8. The van der Waals surface area contributed by atoms with E-state index in [2.05, 4.69) is 39.0 Å². The number of hydrogen-bond donors (Lipinski definition) is 0. The van der Waals surface area contributed by atoms with E-state index in [1.54, 1.807) is 18.5 Å². The van der Waals surface area contributed by atoms with Crippen LogP contribution in [0.4, 0.5) is 17.1 Å². The standard InChI is InChI=1S/C31H40N4O4/c1-38-30(36)8-7-25-19-29(22-32-21-25)35(31(37)26-11-17-39-18-12-26)23-24-9-15-34(16-10-24)28-6-4-5-27(20-28)33-13-2-3-14-33/h4-8,19-22,24,26H,2-3,9-18,23H2,1H3/b8-7+. The summed E-state index contributed by atoms with van der Waals surface area (Å²) in [6, 6.07) is 10.9. The van der Waals surface area contributed by atoms with Gasteiger partial charge in [-0.25, -0.2) is 4.79 Å². The number of methoxy groups -OCH3 is 1. The summed E-state index contributed by atoms with van der Waals surface area (Å²) in [5.41, 5.74) is 4.16. The Balaban J connectivity index is 1.28. The number of amides is 1. The molecular formula is C31H40N4O4. The normalized spacial score (nSPS) is 19.0. The van der Waals surface area contributed by atoms with E-state index in [1.807, 2.05) is 11.0 Å². The highest BCUT2D eigenvalue weighted by molar-refractivity contribution is 5.95. The van der Waals surface area contributed by atoms with Gasteiger partial charge in [0.15, 0.2) is 0 Å². The molecule has 0 spiro atoms. The summed E-state index contributed by atoms with van der Waals surface area (Å²) in [4.78, 5) is 36.7. The molecule has 0 bridgehead atoms. The first-order chi connectivity index (χ1) is 19.1. The van der Waals surface area contributed by atoms with Gasteiger partial charge in [0.25, 0.3) is 0 Å². The summed E-state index contributed by atoms with van der Waals surface area (Å²) in [5, 5.41) is 0. The molecule has 208 valence electrons. The second kappa shape index (κ2) is 13.1. The Morgan fingerprint density at radius 2 is 1.69 bits per heavy atom. The fourth-order valence-electron chi connectivity index (χ4n) is 5.90. The van der Waals surface area contributed by atoms with Gasteiger partial charge in [-0.05, 0) is 80.3 Å². The van der Waals surface area contributed by atoms with Gasteiger partial charge in [-0.1, -0.05) is 6.07 Å². The molecule has 0 radical (unpaired) electrons. The third-order valence-electron chi connectivity index (χ3n) is 8.23. The quantitative estimate of drug-likeness (QED) is 0.365. The van der Waals surface area contributed by atoms with Gasteiger partial charge in [0.2, 0.25) is 5.91 Å². The first-order valence-corrected chi connectivity index (χ1v) is 14.3. The molecule has 1 aromatic carbocycles. The molecule has 1 aromatic heterocycles. The van der Waals surface area contributed by atoms with Gasteiger partial charge in [0.1, 0.15) is 0 Å². The number of carbonyl (C=O) groups is 2. The molecule has 1 amide bonds. The molecule has 39 heavy (non-hydrogen) atoms. The van der Waals surface area contributed by atoms with Gasteiger partial charge in [0.05, 0.1) is 19.0 Å². The summed E-state index contributed by atoms with van der Waals surface area (Å²) in [6.45, 7) is 6.18. The number of anilines is 3. The number of pyridine rings is 1. The molecule has 3 saturated heterocycles. The van der Waals surface area contributed by atoms with Gasteiger partial charge in [-0.3, -0.25) is 9.78 Å². The third-order valence-corrected chi connectivity index (χ3v) is 8.23. The molecule has 8 heteroatoms. The molecule has 3 aliphatic rings. The van der Waals surface area contributed by atoms with E-state index >= 15 is 0 Å². The van der Waals surface area contributed by atoms with Crippen LogP contribution in [0.5, 0.6) is 0 Å². The van der Waals surface area contributed by atoms with Crippen molar-refractivity contribution in [3.05, 3.63) is 54.4 Å². The van der Waals surface area contributed by atoms with E-state index in [-0.39, 0.29) is 11.8 Å². The summed E-state index contributed by atoms with van der Waals surface area (Å²) >= 11 is 0. The third kappa shape index (κ3) is 6.98. The Morgan fingerprint density at radius 1 is 1.00 bits per heavy atom. The van der Waals surface area contributed by atoms with Crippen LogP contribution in [-0.4, -0.2) is 69.9 Å². The molecule has 0 atom stereocenters. The number of ether oxygens (including phenoxy) is 2. The fourth-order valence-corrected chi connectivity index (χ4v) is 5.90. The van der Waals surface area contributed by atoms with Crippen LogP contribution in [0.1, 0.15) is 44.1 Å². The molecule has 8 nitrogen and oxygen atoms in total. The minimum absolute atomic E-state index is 0.0403. The maximum Gasteiger partial charge on any atom is 0.330 e. The maximum atomic E-state index is 13.8. The highest BCUT2D eigenvalue weighted by Crippen LogP contribution is 2.31. The number of esters is 1. The van der Waals surface area contributed by atoms with Crippen molar-refractivity contribution in [3.63, 3.8) is 0 Å². The summed E-state index contributed by atoms with van der Waals surface area (Å²) in [7, 11) is 1.35. The van der Waals surface area contributed by atoms with Gasteiger partial charge >= 0.3 is 5.97 Å². The number of benzene rings is 1. The fraction of sp³-hybridized carbons (Fsp3) is 0.516. The number of nitrogens with zero attached hydrogens (tertiary/aromatic N) is 4. The highest BCUT2D eigenvalue weighted by atomic mass is 16.5. The number of aromatic nitrogens is 1. The molecular weight excluding hydrogens is 492 g/mol. The van der Waals surface area contributed by atoms with Crippen molar-refractivity contribution in [2.45, 2.75) is 38.5 Å². The first-order valence-electron chi connectivity index (χ1n) is 14.3. The lowest BCUT2D eigenvalue weighted by Gasteiger charge is -2.37. The second-order valence-corrected chi connectivity index (χ2v) is 10.8. The van der Waals surface area contributed by atoms with Gasteiger partial charge in [-0.15, -0.1) is 0 Å². The molecule has 2 aromatic rings. The zero-order valence-electron chi connectivity index (χ0n) is 23.0. The monoisotopic (exact) mass is 532 g/mol. The Morgan fingerprint density at radius 3 is 2.38 bits per heavy atom. The lowest BCUT2D eigenvalue weighted by atomic mass is 9.93. The largest absolute Gasteiger partial charge is 0.466 e. The Bertz CT molecular complexity index is 1150. The van der Waals surface area contributed by atoms with Crippen LogP contribution in [0.3, 0.4) is 0 Å². The van der Waals surface area contributed by atoms with Crippen LogP contribution in [0.25, 0.3) is 6.08 Å². The maximum absolute atomic E-state index is 13.8. The summed E-state index contributed by atoms with van der Waals surface area (Å²) in [6.07, 6.45) is 12.6. The van der Waals surface area contributed by atoms with E-state index in [1.165, 1.54) is 37.4 Å². The SMILES string of the molecule is COC(=O)/C=C/c1cncc(N(CC2CCN(c3cccc(N4CCCC4)c3)CC2)C(=O)C2CCOCC2)c1. The molecule has 5 rings (SSSR count). The minimum atomic E-state index is -0.423. The smallest absolute Gasteiger partial charge is 0.330 e. The minimum Gasteiger partial charge on any atom is -0.466 e. The van der Waals surface area contributed by atoms with Crippen LogP contribution in [0, 0.1) is 11.8 Å². The van der Waals surface area contributed by atoms with Crippen LogP contribution < -0.4 is 14.7 Å². The van der Waals surface area contributed by atoms with Crippen LogP contribution in [0.2, 0.25) is 0 Å². The molecule has 3 fully saturated rings. The van der Waals surface area contributed by atoms with Crippen LogP contribution >= 0.6 is 0 Å². The average molecular weight is 533 g/mol. The van der Waals surface area contributed by atoms with Crippen molar-refractivity contribution < 1.29 is 19.1 Å². The summed E-state index contributed by atoms with van der Waals surface area (Å²) < 4.78 is 10.2. The van der Waals surface area contributed by atoms with Gasteiger partial charge in [-0.2, -0.15) is 0 Å². The molecule has 0 unspecified atom stereocenters. The summed E-state index contributed by atoms with van der Waals surface area (Å²) in [5.74, 6) is 0.0886. The van der Waals surface area contributed by atoms with Crippen molar-refractivity contribution in [1.29, 1.82) is 0 Å². The van der Waals surface area contributed by atoms with Gasteiger partial charge < -0.3 is 24.2 Å². The highest BCUT2D eigenvalue weighted by Gasteiger charge is 2.31. The Hall–Kier alpha value is -3.39. The Labute approximate surface area is 231 Å². The zero-order chi connectivity index (χ0) is 27.0. The van der Waals surface area contributed by atoms with E-state index in [0.29, 0.717) is 25.7 Å². The van der Waals surface area contributed by atoms with E-state index in [9.17, 15) is 9.59 Å². The molecule has 0 saturated carbocycles. The topological polar surface area (TPSA) is 75.2 Å². The van der Waals surface area contributed by atoms with Crippen LogP contribution in [0.15, 0.2) is 48.8 Å². The lowest BCUT2D eigenvalue weighted by Crippen LogP contribution is -2.44. The molecule has 0 aliphatic carbocycles. The van der Waals surface area contributed by atoms with E-state index in [0.717, 1.165) is 63.1 Å². The van der Waals surface area contributed by atoms with Crippen molar-refractivity contribution in [2.75, 3.05) is 67.7 Å². The number of hydrogen-bond acceptors (Lipinski definition) is 7. The zero-order valence-corrected chi connectivity index (χ0v) is 23.0.